The molecule has 2 aromatic carbocycles. The van der Waals surface area contributed by atoms with Gasteiger partial charge in [-0.3, -0.25) is 4.79 Å². The molecular formula is C17H19N3O. The average Bonchev–Trinajstić information content (AvgIpc) is 2.47. The predicted molar refractivity (Wildman–Crippen MR) is 87.0 cm³/mol. The van der Waals surface area contributed by atoms with Gasteiger partial charge in [-0.15, -0.1) is 0 Å². The summed E-state index contributed by atoms with van der Waals surface area (Å²) in [4.78, 5) is 13.9. The second-order valence-electron chi connectivity index (χ2n) is 5.05. The number of carbonyl (C=O) groups excluding carboxylic acids is 1. The van der Waals surface area contributed by atoms with Gasteiger partial charge in [-0.2, -0.15) is 5.10 Å². The minimum Gasteiger partial charge on any atom is -0.378 e. The Bertz CT molecular complexity index is 645. The third-order valence-corrected chi connectivity index (χ3v) is 3.07. The SMILES string of the molecule is Cc1cccc(C(=O)NN=Cc2ccc(N(C)C)cc2)c1. The number of anilines is 1. The van der Waals surface area contributed by atoms with Crippen LogP contribution < -0.4 is 10.3 Å². The van der Waals surface area contributed by atoms with Crippen molar-refractivity contribution in [2.24, 2.45) is 5.10 Å². The fraction of sp³-hybridized carbons (Fsp3) is 0.176. The van der Waals surface area contributed by atoms with Crippen molar-refractivity contribution in [3.8, 4) is 0 Å². The first kappa shape index (κ1) is 14.8. The van der Waals surface area contributed by atoms with Gasteiger partial charge in [0.15, 0.2) is 0 Å². The number of hydrogen-bond donors (Lipinski definition) is 1. The van der Waals surface area contributed by atoms with Crippen LogP contribution in [0.2, 0.25) is 0 Å². The number of nitrogens with zero attached hydrogens (tertiary/aromatic N) is 2. The molecule has 0 aliphatic rings. The van der Waals surface area contributed by atoms with E-state index in [2.05, 4.69) is 10.5 Å². The van der Waals surface area contributed by atoms with E-state index in [1.54, 1.807) is 12.3 Å². The van der Waals surface area contributed by atoms with Crippen molar-refractivity contribution >= 4 is 17.8 Å². The summed E-state index contributed by atoms with van der Waals surface area (Å²) in [6.45, 7) is 1.95. The highest BCUT2D eigenvalue weighted by atomic mass is 16.2. The molecule has 0 spiro atoms. The molecule has 0 aliphatic carbocycles. The average molecular weight is 281 g/mol. The maximum absolute atomic E-state index is 11.9. The summed E-state index contributed by atoms with van der Waals surface area (Å²) in [6.07, 6.45) is 1.63. The molecule has 2 rings (SSSR count). The number of amides is 1. The highest BCUT2D eigenvalue weighted by Crippen LogP contribution is 2.10. The molecule has 0 saturated heterocycles. The molecule has 0 atom stereocenters. The molecule has 4 heteroatoms. The van der Waals surface area contributed by atoms with Crippen molar-refractivity contribution in [3.05, 3.63) is 65.2 Å². The van der Waals surface area contributed by atoms with Gasteiger partial charge in [0.2, 0.25) is 0 Å². The van der Waals surface area contributed by atoms with E-state index in [0.717, 1.165) is 16.8 Å². The second-order valence-corrected chi connectivity index (χ2v) is 5.05. The third-order valence-electron chi connectivity index (χ3n) is 3.07. The quantitative estimate of drug-likeness (QED) is 0.692. The molecule has 1 amide bonds. The summed E-state index contributed by atoms with van der Waals surface area (Å²) in [5.41, 5.74) is 6.24. The zero-order valence-electron chi connectivity index (χ0n) is 12.5. The smallest absolute Gasteiger partial charge is 0.271 e. The summed E-state index contributed by atoms with van der Waals surface area (Å²) in [7, 11) is 3.98. The molecule has 2 aromatic rings. The number of aryl methyl sites for hydroxylation is 1. The molecule has 0 heterocycles. The Kier molecular flexibility index (Phi) is 4.72. The van der Waals surface area contributed by atoms with Crippen molar-refractivity contribution in [1.82, 2.24) is 5.43 Å². The Labute approximate surface area is 125 Å². The zero-order valence-corrected chi connectivity index (χ0v) is 12.5. The van der Waals surface area contributed by atoms with E-state index in [-0.39, 0.29) is 5.91 Å². The predicted octanol–water partition coefficient (Wildman–Crippen LogP) is 2.82. The number of carbonyl (C=O) groups is 1. The monoisotopic (exact) mass is 281 g/mol. The fourth-order valence-electron chi connectivity index (χ4n) is 1.87. The lowest BCUT2D eigenvalue weighted by Gasteiger charge is -2.11. The van der Waals surface area contributed by atoms with E-state index in [1.165, 1.54) is 0 Å². The van der Waals surface area contributed by atoms with Crippen molar-refractivity contribution < 1.29 is 4.79 Å². The Morgan fingerprint density at radius 2 is 1.86 bits per heavy atom. The van der Waals surface area contributed by atoms with E-state index in [1.807, 2.05) is 68.4 Å². The largest absolute Gasteiger partial charge is 0.378 e. The van der Waals surface area contributed by atoms with Crippen LogP contribution in [-0.4, -0.2) is 26.2 Å². The Morgan fingerprint density at radius 1 is 1.14 bits per heavy atom. The zero-order chi connectivity index (χ0) is 15.2. The molecule has 1 N–H and O–H groups in total. The van der Waals surface area contributed by atoms with Crippen molar-refractivity contribution in [2.75, 3.05) is 19.0 Å². The van der Waals surface area contributed by atoms with E-state index >= 15 is 0 Å². The maximum atomic E-state index is 11.9. The molecule has 0 fully saturated rings. The molecule has 21 heavy (non-hydrogen) atoms. The highest BCUT2D eigenvalue weighted by molar-refractivity contribution is 5.95. The number of benzene rings is 2. The number of hydrogen-bond acceptors (Lipinski definition) is 3. The van der Waals surface area contributed by atoms with Crippen LogP contribution in [0.3, 0.4) is 0 Å². The Hall–Kier alpha value is -2.62. The number of rotatable bonds is 4. The van der Waals surface area contributed by atoms with Crippen LogP contribution in [-0.2, 0) is 0 Å². The number of hydrazone groups is 1. The minimum absolute atomic E-state index is 0.208. The lowest BCUT2D eigenvalue weighted by Crippen LogP contribution is -2.17. The van der Waals surface area contributed by atoms with E-state index < -0.39 is 0 Å². The van der Waals surface area contributed by atoms with Gasteiger partial charge in [0.1, 0.15) is 0 Å². The van der Waals surface area contributed by atoms with Gasteiger partial charge in [-0.1, -0.05) is 29.8 Å². The normalized spacial score (nSPS) is 10.6. The first-order valence-electron chi connectivity index (χ1n) is 6.74. The van der Waals surface area contributed by atoms with Crippen LogP contribution >= 0.6 is 0 Å². The van der Waals surface area contributed by atoms with Gasteiger partial charge in [-0.05, 0) is 36.8 Å². The molecule has 0 aromatic heterocycles. The summed E-state index contributed by atoms with van der Waals surface area (Å²) < 4.78 is 0. The summed E-state index contributed by atoms with van der Waals surface area (Å²) in [5, 5.41) is 3.98. The first-order valence-corrected chi connectivity index (χ1v) is 6.74. The van der Waals surface area contributed by atoms with Gasteiger partial charge < -0.3 is 4.90 Å². The van der Waals surface area contributed by atoms with Gasteiger partial charge in [-0.25, -0.2) is 5.43 Å². The molecule has 0 unspecified atom stereocenters. The highest BCUT2D eigenvalue weighted by Gasteiger charge is 2.03. The van der Waals surface area contributed by atoms with Crippen LogP contribution in [0.15, 0.2) is 53.6 Å². The fourth-order valence-corrected chi connectivity index (χ4v) is 1.87. The Morgan fingerprint density at radius 3 is 2.48 bits per heavy atom. The van der Waals surface area contributed by atoms with Crippen LogP contribution in [0.5, 0.6) is 0 Å². The molecule has 0 saturated carbocycles. The van der Waals surface area contributed by atoms with E-state index in [4.69, 9.17) is 0 Å². The van der Waals surface area contributed by atoms with E-state index in [0.29, 0.717) is 5.56 Å². The number of nitrogens with one attached hydrogen (secondary N) is 1. The lowest BCUT2D eigenvalue weighted by molar-refractivity contribution is 0.0955. The minimum atomic E-state index is -0.208. The van der Waals surface area contributed by atoms with Gasteiger partial charge in [0.25, 0.3) is 5.91 Å². The van der Waals surface area contributed by atoms with Gasteiger partial charge in [0, 0.05) is 25.3 Å². The third kappa shape index (κ3) is 4.18. The van der Waals surface area contributed by atoms with E-state index in [9.17, 15) is 4.79 Å². The summed E-state index contributed by atoms with van der Waals surface area (Å²) in [5.74, 6) is -0.208. The lowest BCUT2D eigenvalue weighted by atomic mass is 10.1. The van der Waals surface area contributed by atoms with Crippen LogP contribution in [0.25, 0.3) is 0 Å². The summed E-state index contributed by atoms with van der Waals surface area (Å²) >= 11 is 0. The van der Waals surface area contributed by atoms with Crippen molar-refractivity contribution in [1.29, 1.82) is 0 Å². The van der Waals surface area contributed by atoms with Crippen LogP contribution in [0, 0.1) is 6.92 Å². The van der Waals surface area contributed by atoms with Crippen molar-refractivity contribution in [2.45, 2.75) is 6.92 Å². The van der Waals surface area contributed by atoms with Crippen LogP contribution in [0.1, 0.15) is 21.5 Å². The second kappa shape index (κ2) is 6.70. The standard InChI is InChI=1S/C17H19N3O/c1-13-5-4-6-15(11-13)17(21)19-18-12-14-7-9-16(10-8-14)20(2)3/h4-12H,1-3H3,(H,19,21). The van der Waals surface area contributed by atoms with Gasteiger partial charge in [0.05, 0.1) is 6.21 Å². The van der Waals surface area contributed by atoms with Crippen LogP contribution in [0.4, 0.5) is 5.69 Å². The summed E-state index contributed by atoms with van der Waals surface area (Å²) in [6, 6.07) is 15.3. The molecule has 108 valence electrons. The molecule has 0 radical (unpaired) electrons. The molecular weight excluding hydrogens is 262 g/mol. The van der Waals surface area contributed by atoms with Gasteiger partial charge >= 0.3 is 0 Å². The molecule has 4 nitrogen and oxygen atoms in total. The molecule has 0 bridgehead atoms. The maximum Gasteiger partial charge on any atom is 0.271 e. The first-order chi connectivity index (χ1) is 10.1. The molecule has 0 aliphatic heterocycles. The topological polar surface area (TPSA) is 44.7 Å². The Balaban J connectivity index is 1.97. The van der Waals surface area contributed by atoms with Crippen molar-refractivity contribution in [3.63, 3.8) is 0 Å².